The van der Waals surface area contributed by atoms with Crippen LogP contribution < -0.4 is 5.32 Å². The molecule has 0 radical (unpaired) electrons. The van der Waals surface area contributed by atoms with Gasteiger partial charge in [-0.15, -0.1) is 0 Å². The summed E-state index contributed by atoms with van der Waals surface area (Å²) in [6, 6.07) is 4.07. The number of nitrogens with zero attached hydrogens (tertiary/aromatic N) is 1. The highest BCUT2D eigenvalue weighted by molar-refractivity contribution is 6.31. The van der Waals surface area contributed by atoms with Gasteiger partial charge in [-0.1, -0.05) is 18.5 Å². The van der Waals surface area contributed by atoms with Crippen molar-refractivity contribution in [2.75, 3.05) is 26.2 Å². The van der Waals surface area contributed by atoms with E-state index in [1.54, 1.807) is 4.90 Å². The van der Waals surface area contributed by atoms with Gasteiger partial charge in [0.1, 0.15) is 5.82 Å². The molecule has 1 aliphatic heterocycles. The molecule has 1 N–H and O–H groups in total. The number of amides is 1. The molecule has 0 aromatic heterocycles. The zero-order valence-corrected chi connectivity index (χ0v) is 11.0. The quantitative estimate of drug-likeness (QED) is 0.848. The maximum Gasteiger partial charge on any atom is 0.256 e. The number of hydrogen-bond donors (Lipinski definition) is 1. The normalized spacial score (nSPS) is 20.6. The Balaban J connectivity index is 2.21. The van der Waals surface area contributed by atoms with Crippen LogP contribution in [-0.2, 0) is 0 Å². The third-order valence-electron chi connectivity index (χ3n) is 3.03. The van der Waals surface area contributed by atoms with Gasteiger partial charge in [0.2, 0.25) is 0 Å². The smallest absolute Gasteiger partial charge is 0.256 e. The van der Waals surface area contributed by atoms with Crippen LogP contribution in [0.3, 0.4) is 0 Å². The maximum absolute atomic E-state index is 13.7. The molecule has 5 heteroatoms. The molecule has 18 heavy (non-hydrogen) atoms. The third-order valence-corrected chi connectivity index (χ3v) is 3.26. The van der Waals surface area contributed by atoms with Crippen molar-refractivity contribution in [3.63, 3.8) is 0 Å². The van der Waals surface area contributed by atoms with Crippen molar-refractivity contribution >= 4 is 17.5 Å². The van der Waals surface area contributed by atoms with Gasteiger partial charge in [0.25, 0.3) is 5.91 Å². The lowest BCUT2D eigenvalue weighted by Gasteiger charge is -2.22. The average Bonchev–Trinajstić information content (AvgIpc) is 2.56. The molecule has 1 saturated heterocycles. The predicted molar refractivity (Wildman–Crippen MR) is 69.3 cm³/mol. The van der Waals surface area contributed by atoms with E-state index in [-0.39, 0.29) is 11.5 Å². The number of halogens is 2. The van der Waals surface area contributed by atoms with Crippen LogP contribution in [0, 0.1) is 11.7 Å². The molecule has 0 spiro atoms. The average molecular weight is 271 g/mol. The largest absolute Gasteiger partial charge is 0.337 e. The van der Waals surface area contributed by atoms with Gasteiger partial charge in [-0.05, 0) is 30.7 Å². The highest BCUT2D eigenvalue weighted by Crippen LogP contribution is 2.17. The van der Waals surface area contributed by atoms with E-state index in [1.165, 1.54) is 18.2 Å². The van der Waals surface area contributed by atoms with Gasteiger partial charge in [-0.2, -0.15) is 0 Å². The Morgan fingerprint density at radius 3 is 3.11 bits per heavy atom. The number of carbonyl (C=O) groups is 1. The Hall–Kier alpha value is -1.13. The lowest BCUT2D eigenvalue weighted by atomic mass is 10.1. The molecular weight excluding hydrogens is 255 g/mol. The van der Waals surface area contributed by atoms with Crippen molar-refractivity contribution in [2.45, 2.75) is 6.92 Å². The van der Waals surface area contributed by atoms with E-state index in [4.69, 9.17) is 11.6 Å². The van der Waals surface area contributed by atoms with Crippen LogP contribution in [0.15, 0.2) is 18.2 Å². The van der Waals surface area contributed by atoms with Gasteiger partial charge in [0.05, 0.1) is 5.56 Å². The van der Waals surface area contributed by atoms with Crippen molar-refractivity contribution < 1.29 is 9.18 Å². The highest BCUT2D eigenvalue weighted by Gasteiger charge is 2.22. The second kappa shape index (κ2) is 5.67. The fraction of sp³-hybridized carbons (Fsp3) is 0.462. The molecule has 1 amide bonds. The summed E-state index contributed by atoms with van der Waals surface area (Å²) in [6.07, 6.45) is 0. The third kappa shape index (κ3) is 3.00. The Morgan fingerprint density at radius 2 is 2.33 bits per heavy atom. The minimum atomic E-state index is -0.519. The Labute approximate surface area is 111 Å². The number of nitrogens with one attached hydrogen (secondary N) is 1. The first kappa shape index (κ1) is 13.3. The second-order valence-corrected chi connectivity index (χ2v) is 5.12. The maximum atomic E-state index is 13.7. The summed E-state index contributed by atoms with van der Waals surface area (Å²) in [5.41, 5.74) is 0.0524. The lowest BCUT2D eigenvalue weighted by molar-refractivity contribution is 0.0746. The monoisotopic (exact) mass is 270 g/mol. The summed E-state index contributed by atoms with van der Waals surface area (Å²) in [5, 5.41) is 3.62. The van der Waals surface area contributed by atoms with E-state index in [2.05, 4.69) is 12.2 Å². The fourth-order valence-electron chi connectivity index (χ4n) is 2.11. The minimum absolute atomic E-state index is 0.0524. The summed E-state index contributed by atoms with van der Waals surface area (Å²) < 4.78 is 13.7. The fourth-order valence-corrected chi connectivity index (χ4v) is 2.28. The van der Waals surface area contributed by atoms with Gasteiger partial charge in [0, 0.05) is 24.7 Å². The Bertz CT molecular complexity index is 453. The first-order valence-corrected chi connectivity index (χ1v) is 6.41. The van der Waals surface area contributed by atoms with Crippen LogP contribution >= 0.6 is 11.6 Å². The topological polar surface area (TPSA) is 32.3 Å². The minimum Gasteiger partial charge on any atom is -0.337 e. The van der Waals surface area contributed by atoms with Crippen LogP contribution in [0.4, 0.5) is 4.39 Å². The molecule has 1 heterocycles. The SMILES string of the molecule is CC1CNCCN(C(=O)c2cc(Cl)ccc2F)C1. The molecule has 0 aliphatic carbocycles. The standard InChI is InChI=1S/C13H16ClFN2O/c1-9-7-16-4-5-17(8-9)13(18)11-6-10(14)2-3-12(11)15/h2-3,6,9,16H,4-5,7-8H2,1H3. The Morgan fingerprint density at radius 1 is 1.56 bits per heavy atom. The lowest BCUT2D eigenvalue weighted by Crippen LogP contribution is -2.36. The Kier molecular flexibility index (Phi) is 4.19. The summed E-state index contributed by atoms with van der Waals surface area (Å²) in [6.45, 7) is 4.90. The van der Waals surface area contributed by atoms with E-state index >= 15 is 0 Å². The molecular formula is C13H16ClFN2O. The van der Waals surface area contributed by atoms with Gasteiger partial charge in [-0.25, -0.2) is 4.39 Å². The van der Waals surface area contributed by atoms with Crippen LogP contribution in [0.1, 0.15) is 17.3 Å². The molecule has 1 aliphatic rings. The van der Waals surface area contributed by atoms with Crippen LogP contribution in [0.2, 0.25) is 5.02 Å². The molecule has 0 saturated carbocycles. The van der Waals surface area contributed by atoms with Crippen LogP contribution in [-0.4, -0.2) is 37.0 Å². The van der Waals surface area contributed by atoms with Crippen LogP contribution in [0.5, 0.6) is 0 Å². The zero-order chi connectivity index (χ0) is 13.1. The predicted octanol–water partition coefficient (Wildman–Crippen LogP) is 2.16. The number of rotatable bonds is 1. The summed E-state index contributed by atoms with van der Waals surface area (Å²) in [5.74, 6) is -0.446. The second-order valence-electron chi connectivity index (χ2n) is 4.68. The first-order valence-electron chi connectivity index (χ1n) is 6.03. The summed E-state index contributed by atoms with van der Waals surface area (Å²) in [7, 11) is 0. The van der Waals surface area contributed by atoms with E-state index in [0.29, 0.717) is 24.0 Å². The molecule has 1 aromatic carbocycles. The molecule has 1 atom stereocenters. The van der Waals surface area contributed by atoms with E-state index in [1.807, 2.05) is 0 Å². The molecule has 3 nitrogen and oxygen atoms in total. The summed E-state index contributed by atoms with van der Waals surface area (Å²) in [4.78, 5) is 14.0. The van der Waals surface area contributed by atoms with E-state index in [0.717, 1.165) is 13.1 Å². The number of benzene rings is 1. The van der Waals surface area contributed by atoms with Crippen molar-refractivity contribution in [3.05, 3.63) is 34.6 Å². The molecule has 1 aromatic rings. The van der Waals surface area contributed by atoms with Crippen molar-refractivity contribution in [1.29, 1.82) is 0 Å². The first-order chi connectivity index (χ1) is 8.58. The number of carbonyl (C=O) groups excluding carboxylic acids is 1. The summed E-state index contributed by atoms with van der Waals surface area (Å²) >= 11 is 5.81. The molecule has 1 fully saturated rings. The van der Waals surface area contributed by atoms with Crippen molar-refractivity contribution in [3.8, 4) is 0 Å². The van der Waals surface area contributed by atoms with Crippen molar-refractivity contribution in [2.24, 2.45) is 5.92 Å². The molecule has 98 valence electrons. The van der Waals surface area contributed by atoms with Gasteiger partial charge in [-0.3, -0.25) is 4.79 Å². The molecule has 1 unspecified atom stereocenters. The van der Waals surface area contributed by atoms with Gasteiger partial charge >= 0.3 is 0 Å². The molecule has 2 rings (SSSR count). The van der Waals surface area contributed by atoms with Crippen LogP contribution in [0.25, 0.3) is 0 Å². The molecule has 0 bridgehead atoms. The van der Waals surface area contributed by atoms with Gasteiger partial charge < -0.3 is 10.2 Å². The highest BCUT2D eigenvalue weighted by atomic mass is 35.5. The van der Waals surface area contributed by atoms with E-state index < -0.39 is 5.82 Å². The van der Waals surface area contributed by atoms with Crippen molar-refractivity contribution in [1.82, 2.24) is 10.2 Å². The van der Waals surface area contributed by atoms with Gasteiger partial charge in [0.15, 0.2) is 0 Å². The van der Waals surface area contributed by atoms with E-state index in [9.17, 15) is 9.18 Å². The zero-order valence-electron chi connectivity index (χ0n) is 10.2. The number of hydrogen-bond acceptors (Lipinski definition) is 2.